The van der Waals surface area contributed by atoms with Crippen LogP contribution in [0.1, 0.15) is 64.4 Å². The summed E-state index contributed by atoms with van der Waals surface area (Å²) in [4.78, 5) is 23.0. The minimum absolute atomic E-state index is 0.0687. The van der Waals surface area contributed by atoms with Crippen LogP contribution in [0.15, 0.2) is 48.5 Å². The molecule has 2 atom stereocenters. The van der Waals surface area contributed by atoms with Gasteiger partial charge in [0.2, 0.25) is 0 Å². The predicted octanol–water partition coefficient (Wildman–Crippen LogP) is 4.85. The summed E-state index contributed by atoms with van der Waals surface area (Å²) >= 11 is 0. The summed E-state index contributed by atoms with van der Waals surface area (Å²) in [7, 11) is 0. The molecule has 0 aromatic heterocycles. The van der Waals surface area contributed by atoms with Crippen molar-refractivity contribution in [3.63, 3.8) is 0 Å². The molecule has 0 amide bonds. The first-order chi connectivity index (χ1) is 12.0. The second-order valence-corrected chi connectivity index (χ2v) is 6.24. The van der Waals surface area contributed by atoms with Crippen LogP contribution in [0.25, 0.3) is 0 Å². The lowest BCUT2D eigenvalue weighted by Crippen LogP contribution is -2.18. The molecule has 4 heteroatoms. The maximum Gasteiger partial charge on any atom is 0.335 e. The van der Waals surface area contributed by atoms with Gasteiger partial charge in [-0.25, -0.2) is 9.59 Å². The summed E-state index contributed by atoms with van der Waals surface area (Å²) in [6.07, 6.45) is 2.27. The van der Waals surface area contributed by atoms with Crippen molar-refractivity contribution in [3.8, 4) is 0 Å². The largest absolute Gasteiger partial charge is 0.478 e. The number of rotatable bonds is 8. The van der Waals surface area contributed by atoms with Gasteiger partial charge >= 0.3 is 11.9 Å². The highest BCUT2D eigenvalue weighted by atomic mass is 16.4. The molecule has 4 nitrogen and oxygen atoms in total. The highest BCUT2D eigenvalue weighted by Crippen LogP contribution is 2.35. The third kappa shape index (κ3) is 4.27. The van der Waals surface area contributed by atoms with Crippen LogP contribution in [0.4, 0.5) is 0 Å². The standard InChI is InChI=1S/C21H24O4/c1-3-14(13-15-9-5-6-10-17(15)20(22)23)16(4-2)18-11-7-8-12-19(18)21(24)25/h5-12,14,16H,3-4,13H2,1-2H3,(H,22,23)(H,24,25). The maximum atomic E-state index is 11.6. The third-order valence-electron chi connectivity index (χ3n) is 4.85. The molecule has 2 aromatic rings. The van der Waals surface area contributed by atoms with Crippen molar-refractivity contribution < 1.29 is 19.8 Å². The molecule has 0 saturated carbocycles. The zero-order chi connectivity index (χ0) is 18.4. The van der Waals surface area contributed by atoms with E-state index >= 15 is 0 Å². The van der Waals surface area contributed by atoms with E-state index in [1.807, 2.05) is 24.3 Å². The van der Waals surface area contributed by atoms with Crippen LogP contribution >= 0.6 is 0 Å². The molecule has 0 aliphatic rings. The fourth-order valence-electron chi connectivity index (χ4n) is 3.58. The van der Waals surface area contributed by atoms with Crippen LogP contribution in [-0.2, 0) is 6.42 Å². The Kier molecular flexibility index (Phi) is 6.34. The molecule has 25 heavy (non-hydrogen) atoms. The average Bonchev–Trinajstić information content (AvgIpc) is 2.61. The van der Waals surface area contributed by atoms with E-state index in [0.717, 1.165) is 24.0 Å². The first kappa shape index (κ1) is 18.7. The van der Waals surface area contributed by atoms with Crippen LogP contribution in [0, 0.1) is 5.92 Å². The zero-order valence-electron chi connectivity index (χ0n) is 14.6. The minimum atomic E-state index is -0.926. The van der Waals surface area contributed by atoms with Crippen LogP contribution in [0.3, 0.4) is 0 Å². The summed E-state index contributed by atoms with van der Waals surface area (Å²) in [6.45, 7) is 4.12. The molecule has 0 aliphatic carbocycles. The van der Waals surface area contributed by atoms with Crippen molar-refractivity contribution in [2.45, 2.75) is 39.0 Å². The number of aromatic carboxylic acids is 2. The summed E-state index contributed by atoms with van der Waals surface area (Å²) in [6, 6.07) is 14.2. The summed E-state index contributed by atoms with van der Waals surface area (Å²) in [5.74, 6) is -1.61. The molecule has 2 N–H and O–H groups in total. The highest BCUT2D eigenvalue weighted by molar-refractivity contribution is 5.90. The molecular formula is C21H24O4. The Morgan fingerprint density at radius 2 is 1.40 bits per heavy atom. The molecule has 0 fully saturated rings. The molecule has 0 heterocycles. The van der Waals surface area contributed by atoms with Crippen LogP contribution in [0.2, 0.25) is 0 Å². The lowest BCUT2D eigenvalue weighted by molar-refractivity contribution is 0.0685. The maximum absolute atomic E-state index is 11.6. The van der Waals surface area contributed by atoms with Gasteiger partial charge in [0.1, 0.15) is 0 Å². The van der Waals surface area contributed by atoms with E-state index in [0.29, 0.717) is 17.5 Å². The van der Waals surface area contributed by atoms with Crippen LogP contribution < -0.4 is 0 Å². The molecule has 2 aromatic carbocycles. The molecule has 0 bridgehead atoms. The second kappa shape index (κ2) is 8.47. The Hall–Kier alpha value is -2.62. The van der Waals surface area contributed by atoms with Gasteiger partial charge < -0.3 is 10.2 Å². The lowest BCUT2D eigenvalue weighted by atomic mass is 9.77. The number of benzene rings is 2. The van der Waals surface area contributed by atoms with Gasteiger partial charge in [0, 0.05) is 0 Å². The fourth-order valence-corrected chi connectivity index (χ4v) is 3.58. The van der Waals surface area contributed by atoms with Crippen molar-refractivity contribution in [1.82, 2.24) is 0 Å². The van der Waals surface area contributed by atoms with E-state index in [2.05, 4.69) is 13.8 Å². The molecule has 0 radical (unpaired) electrons. The SMILES string of the molecule is CCC(Cc1ccccc1C(=O)O)C(CC)c1ccccc1C(=O)O. The Labute approximate surface area is 148 Å². The fraction of sp³-hybridized carbons (Fsp3) is 0.333. The lowest BCUT2D eigenvalue weighted by Gasteiger charge is -2.27. The first-order valence-electron chi connectivity index (χ1n) is 8.62. The molecule has 2 rings (SSSR count). The highest BCUT2D eigenvalue weighted by Gasteiger charge is 2.25. The molecule has 0 spiro atoms. The summed E-state index contributed by atoms with van der Waals surface area (Å²) < 4.78 is 0. The van der Waals surface area contributed by atoms with E-state index in [1.54, 1.807) is 24.3 Å². The van der Waals surface area contributed by atoms with Crippen molar-refractivity contribution >= 4 is 11.9 Å². The number of hydrogen-bond acceptors (Lipinski definition) is 2. The van der Waals surface area contributed by atoms with Crippen molar-refractivity contribution in [1.29, 1.82) is 0 Å². The Bertz CT molecular complexity index is 751. The smallest absolute Gasteiger partial charge is 0.335 e. The first-order valence-corrected chi connectivity index (χ1v) is 8.62. The van der Waals surface area contributed by atoms with Gasteiger partial charge in [0.05, 0.1) is 11.1 Å². The molecule has 2 unspecified atom stereocenters. The molecule has 0 saturated heterocycles. The number of carbonyl (C=O) groups is 2. The van der Waals surface area contributed by atoms with E-state index in [9.17, 15) is 19.8 Å². The number of carboxylic acids is 2. The average molecular weight is 340 g/mol. The molecular weight excluding hydrogens is 316 g/mol. The number of hydrogen-bond donors (Lipinski definition) is 2. The van der Waals surface area contributed by atoms with Gasteiger partial charge in [-0.1, -0.05) is 56.7 Å². The van der Waals surface area contributed by atoms with Crippen molar-refractivity contribution in [2.75, 3.05) is 0 Å². The van der Waals surface area contributed by atoms with E-state index < -0.39 is 11.9 Å². The Morgan fingerprint density at radius 1 is 0.840 bits per heavy atom. The Balaban J connectivity index is 2.39. The van der Waals surface area contributed by atoms with Crippen LogP contribution in [-0.4, -0.2) is 22.2 Å². The molecule has 0 aliphatic heterocycles. The summed E-state index contributed by atoms with van der Waals surface area (Å²) in [5.41, 5.74) is 2.28. The predicted molar refractivity (Wildman–Crippen MR) is 97.3 cm³/mol. The number of carboxylic acid groups (broad SMARTS) is 2. The topological polar surface area (TPSA) is 74.6 Å². The quantitative estimate of drug-likeness (QED) is 0.720. The second-order valence-electron chi connectivity index (χ2n) is 6.24. The zero-order valence-corrected chi connectivity index (χ0v) is 14.6. The van der Waals surface area contributed by atoms with E-state index in [4.69, 9.17) is 0 Å². The monoisotopic (exact) mass is 340 g/mol. The summed E-state index contributed by atoms with van der Waals surface area (Å²) in [5, 5.41) is 18.9. The molecule has 132 valence electrons. The van der Waals surface area contributed by atoms with Gasteiger partial charge in [-0.3, -0.25) is 0 Å². The third-order valence-corrected chi connectivity index (χ3v) is 4.85. The minimum Gasteiger partial charge on any atom is -0.478 e. The van der Waals surface area contributed by atoms with Gasteiger partial charge in [-0.2, -0.15) is 0 Å². The van der Waals surface area contributed by atoms with Gasteiger partial charge in [-0.15, -0.1) is 0 Å². The van der Waals surface area contributed by atoms with Crippen LogP contribution in [0.5, 0.6) is 0 Å². The van der Waals surface area contributed by atoms with Gasteiger partial charge in [-0.05, 0) is 47.9 Å². The Morgan fingerprint density at radius 3 is 1.96 bits per heavy atom. The normalized spacial score (nSPS) is 13.2. The van der Waals surface area contributed by atoms with Gasteiger partial charge in [0.25, 0.3) is 0 Å². The van der Waals surface area contributed by atoms with Crippen molar-refractivity contribution in [3.05, 3.63) is 70.8 Å². The van der Waals surface area contributed by atoms with E-state index in [-0.39, 0.29) is 11.8 Å². The van der Waals surface area contributed by atoms with Crippen molar-refractivity contribution in [2.24, 2.45) is 5.92 Å². The van der Waals surface area contributed by atoms with Gasteiger partial charge in [0.15, 0.2) is 0 Å². The van der Waals surface area contributed by atoms with E-state index in [1.165, 1.54) is 0 Å².